The average Bonchev–Trinajstić information content (AvgIpc) is 2.80. The Morgan fingerprint density at radius 3 is 2.31 bits per heavy atom. The molecule has 0 unspecified atom stereocenters. The standard InChI is InChI=1S/C22H32N4O3/c27-21(17-8-15-29-16-9-17)24-19-6-4-18(5-7-19)22(28)26-13-11-25(12-14-26)20-3-1-2-10-23-20/h1-3,10,17-19H,4-9,11-16H2,(H,24,27). The van der Waals surface area contributed by atoms with Crippen molar-refractivity contribution in [1.82, 2.24) is 15.2 Å². The number of rotatable bonds is 4. The van der Waals surface area contributed by atoms with E-state index in [4.69, 9.17) is 4.74 Å². The van der Waals surface area contributed by atoms with Gasteiger partial charge in [0.2, 0.25) is 11.8 Å². The number of hydrogen-bond acceptors (Lipinski definition) is 5. The molecule has 1 aromatic heterocycles. The smallest absolute Gasteiger partial charge is 0.225 e. The van der Waals surface area contributed by atoms with Crippen LogP contribution in [0.3, 0.4) is 0 Å². The Bertz CT molecular complexity index is 677. The molecule has 1 N–H and O–H groups in total. The summed E-state index contributed by atoms with van der Waals surface area (Å²) in [5, 5.41) is 3.22. The van der Waals surface area contributed by atoms with Gasteiger partial charge in [0.25, 0.3) is 0 Å². The molecule has 158 valence electrons. The molecule has 7 heteroatoms. The molecular formula is C22H32N4O3. The Kier molecular flexibility index (Phi) is 6.64. The lowest BCUT2D eigenvalue weighted by Crippen LogP contribution is -2.51. The molecule has 2 amide bonds. The van der Waals surface area contributed by atoms with Crippen molar-refractivity contribution in [2.24, 2.45) is 11.8 Å². The highest BCUT2D eigenvalue weighted by atomic mass is 16.5. The molecule has 3 aliphatic rings. The molecule has 0 bridgehead atoms. The van der Waals surface area contributed by atoms with E-state index in [1.165, 1.54) is 0 Å². The van der Waals surface area contributed by atoms with Crippen LogP contribution < -0.4 is 10.2 Å². The van der Waals surface area contributed by atoms with Crippen LogP contribution >= 0.6 is 0 Å². The minimum Gasteiger partial charge on any atom is -0.381 e. The number of amides is 2. The summed E-state index contributed by atoms with van der Waals surface area (Å²) < 4.78 is 5.34. The number of carbonyl (C=O) groups is 2. The first-order valence-corrected chi connectivity index (χ1v) is 11.0. The molecule has 2 saturated heterocycles. The van der Waals surface area contributed by atoms with E-state index in [0.717, 1.165) is 70.5 Å². The Morgan fingerprint density at radius 1 is 0.931 bits per heavy atom. The molecule has 1 aliphatic carbocycles. The van der Waals surface area contributed by atoms with E-state index in [1.807, 2.05) is 29.3 Å². The summed E-state index contributed by atoms with van der Waals surface area (Å²) in [5.74, 6) is 1.65. The van der Waals surface area contributed by atoms with E-state index in [-0.39, 0.29) is 23.8 Å². The van der Waals surface area contributed by atoms with Gasteiger partial charge in [-0.25, -0.2) is 4.98 Å². The van der Waals surface area contributed by atoms with Gasteiger partial charge < -0.3 is 19.9 Å². The average molecular weight is 401 g/mol. The monoisotopic (exact) mass is 400 g/mol. The zero-order chi connectivity index (χ0) is 20.1. The van der Waals surface area contributed by atoms with Crippen LogP contribution in [-0.4, -0.2) is 67.1 Å². The van der Waals surface area contributed by atoms with Gasteiger partial charge in [0.05, 0.1) is 0 Å². The third kappa shape index (κ3) is 5.07. The van der Waals surface area contributed by atoms with Crippen LogP contribution in [0.15, 0.2) is 24.4 Å². The molecule has 7 nitrogen and oxygen atoms in total. The topological polar surface area (TPSA) is 74.8 Å². The highest BCUT2D eigenvalue weighted by Crippen LogP contribution is 2.27. The SMILES string of the molecule is O=C(NC1CCC(C(=O)N2CCN(c3ccccn3)CC2)CC1)C1CCOCC1. The summed E-state index contributed by atoms with van der Waals surface area (Å²) in [6.45, 7) is 4.56. The van der Waals surface area contributed by atoms with Crippen molar-refractivity contribution in [2.75, 3.05) is 44.3 Å². The molecule has 1 saturated carbocycles. The lowest BCUT2D eigenvalue weighted by molar-refractivity contribution is -0.137. The van der Waals surface area contributed by atoms with Crippen LogP contribution in [-0.2, 0) is 14.3 Å². The van der Waals surface area contributed by atoms with Crippen LogP contribution in [0.4, 0.5) is 5.82 Å². The first-order valence-electron chi connectivity index (χ1n) is 11.0. The van der Waals surface area contributed by atoms with Crippen LogP contribution in [0, 0.1) is 11.8 Å². The lowest BCUT2D eigenvalue weighted by Gasteiger charge is -2.38. The van der Waals surface area contributed by atoms with E-state index >= 15 is 0 Å². The Hall–Kier alpha value is -2.15. The Labute approximate surface area is 172 Å². The highest BCUT2D eigenvalue weighted by molar-refractivity contribution is 5.80. The Morgan fingerprint density at radius 2 is 1.66 bits per heavy atom. The van der Waals surface area contributed by atoms with E-state index in [2.05, 4.69) is 15.2 Å². The van der Waals surface area contributed by atoms with Crippen molar-refractivity contribution in [3.8, 4) is 0 Å². The number of piperazine rings is 1. The van der Waals surface area contributed by atoms with Crippen LogP contribution in [0.1, 0.15) is 38.5 Å². The fourth-order valence-electron chi connectivity index (χ4n) is 4.72. The maximum atomic E-state index is 13.0. The number of hydrogen-bond donors (Lipinski definition) is 1. The number of nitrogens with one attached hydrogen (secondary N) is 1. The van der Waals surface area contributed by atoms with Crippen molar-refractivity contribution in [1.29, 1.82) is 0 Å². The number of nitrogens with zero attached hydrogens (tertiary/aromatic N) is 3. The summed E-state index contributed by atoms with van der Waals surface area (Å²) in [6, 6.07) is 6.16. The maximum absolute atomic E-state index is 13.0. The number of pyridine rings is 1. The van der Waals surface area contributed by atoms with Gasteiger partial charge in [0.1, 0.15) is 5.82 Å². The Balaban J connectivity index is 1.20. The predicted octanol–water partition coefficient (Wildman–Crippen LogP) is 1.83. The van der Waals surface area contributed by atoms with Crippen LogP contribution in [0.5, 0.6) is 0 Å². The maximum Gasteiger partial charge on any atom is 0.225 e. The van der Waals surface area contributed by atoms with Crippen molar-refractivity contribution in [3.05, 3.63) is 24.4 Å². The van der Waals surface area contributed by atoms with Gasteiger partial charge >= 0.3 is 0 Å². The van der Waals surface area contributed by atoms with E-state index in [1.54, 1.807) is 0 Å². The predicted molar refractivity (Wildman–Crippen MR) is 110 cm³/mol. The molecule has 3 heterocycles. The number of carbonyl (C=O) groups excluding carboxylic acids is 2. The zero-order valence-electron chi connectivity index (χ0n) is 17.1. The van der Waals surface area contributed by atoms with E-state index < -0.39 is 0 Å². The summed E-state index contributed by atoms with van der Waals surface area (Å²) in [5.41, 5.74) is 0. The van der Waals surface area contributed by atoms with Gasteiger partial charge in [-0.05, 0) is 50.7 Å². The quantitative estimate of drug-likeness (QED) is 0.835. The second-order valence-electron chi connectivity index (χ2n) is 8.44. The molecule has 0 atom stereocenters. The van der Waals surface area contributed by atoms with Crippen molar-refractivity contribution in [3.63, 3.8) is 0 Å². The highest BCUT2D eigenvalue weighted by Gasteiger charge is 2.32. The summed E-state index contributed by atoms with van der Waals surface area (Å²) >= 11 is 0. The first-order chi connectivity index (χ1) is 14.2. The van der Waals surface area contributed by atoms with Gasteiger partial charge in [0.15, 0.2) is 0 Å². The van der Waals surface area contributed by atoms with Crippen molar-refractivity contribution >= 4 is 17.6 Å². The zero-order valence-corrected chi connectivity index (χ0v) is 17.1. The fourth-order valence-corrected chi connectivity index (χ4v) is 4.72. The largest absolute Gasteiger partial charge is 0.381 e. The van der Waals surface area contributed by atoms with E-state index in [0.29, 0.717) is 19.1 Å². The van der Waals surface area contributed by atoms with Crippen LogP contribution in [0.25, 0.3) is 0 Å². The molecule has 0 spiro atoms. The molecule has 1 aromatic rings. The number of ether oxygens (including phenoxy) is 1. The molecule has 4 rings (SSSR count). The molecule has 0 aromatic carbocycles. The first kappa shape index (κ1) is 20.1. The van der Waals surface area contributed by atoms with Gasteiger partial charge in [-0.15, -0.1) is 0 Å². The fraction of sp³-hybridized carbons (Fsp3) is 0.682. The van der Waals surface area contributed by atoms with Gasteiger partial charge in [-0.2, -0.15) is 0 Å². The molecule has 2 aliphatic heterocycles. The van der Waals surface area contributed by atoms with E-state index in [9.17, 15) is 9.59 Å². The normalized spacial score (nSPS) is 26.2. The second-order valence-corrected chi connectivity index (χ2v) is 8.44. The third-order valence-corrected chi connectivity index (χ3v) is 6.58. The minimum absolute atomic E-state index is 0.0958. The molecular weight excluding hydrogens is 368 g/mol. The summed E-state index contributed by atoms with van der Waals surface area (Å²) in [7, 11) is 0. The molecule has 3 fully saturated rings. The number of aromatic nitrogens is 1. The third-order valence-electron chi connectivity index (χ3n) is 6.58. The van der Waals surface area contributed by atoms with Gasteiger partial charge in [0, 0.05) is 63.5 Å². The van der Waals surface area contributed by atoms with Gasteiger partial charge in [-0.3, -0.25) is 9.59 Å². The van der Waals surface area contributed by atoms with Crippen molar-refractivity contribution < 1.29 is 14.3 Å². The summed E-state index contributed by atoms with van der Waals surface area (Å²) in [6.07, 6.45) is 7.01. The lowest BCUT2D eigenvalue weighted by atomic mass is 9.84. The van der Waals surface area contributed by atoms with Crippen LogP contribution in [0.2, 0.25) is 0 Å². The summed E-state index contributed by atoms with van der Waals surface area (Å²) in [4.78, 5) is 34.1. The number of anilines is 1. The molecule has 29 heavy (non-hydrogen) atoms. The van der Waals surface area contributed by atoms with Crippen molar-refractivity contribution in [2.45, 2.75) is 44.6 Å². The molecule has 0 radical (unpaired) electrons. The minimum atomic E-state index is 0.0958. The van der Waals surface area contributed by atoms with Gasteiger partial charge in [-0.1, -0.05) is 6.07 Å². The second kappa shape index (κ2) is 9.57.